The van der Waals surface area contributed by atoms with E-state index in [9.17, 15) is 13.2 Å². The molecule has 0 unspecified atom stereocenters. The molecule has 0 fully saturated rings. The van der Waals surface area contributed by atoms with Crippen LogP contribution in [0.4, 0.5) is 18.9 Å². The lowest BCUT2D eigenvalue weighted by atomic mass is 10.1. The van der Waals surface area contributed by atoms with E-state index >= 15 is 0 Å². The zero-order chi connectivity index (χ0) is 10.8. The number of hydrogen-bond donors (Lipinski definition) is 1. The highest BCUT2D eigenvalue weighted by molar-refractivity contribution is 5.50. The maximum atomic E-state index is 12.2. The van der Waals surface area contributed by atoms with Gasteiger partial charge in [0.15, 0.2) is 5.69 Å². The second-order valence-electron chi connectivity index (χ2n) is 2.66. The van der Waals surface area contributed by atoms with Gasteiger partial charge in [-0.1, -0.05) is 6.07 Å². The van der Waals surface area contributed by atoms with E-state index in [4.69, 9.17) is 11.7 Å². The zero-order valence-corrected chi connectivity index (χ0v) is 6.97. The van der Waals surface area contributed by atoms with Crippen LogP contribution in [0.15, 0.2) is 18.2 Å². The average molecular weight is 201 g/mol. The van der Waals surface area contributed by atoms with Crippen molar-refractivity contribution < 1.29 is 18.3 Å². The first-order valence-electron chi connectivity index (χ1n) is 3.67. The minimum atomic E-state index is -4.48. The standard InChI is InChI=1S/C9H6F3NO/c1-13-8-3-6(5-14)2-7(4-8)9(10,11)12/h2-4,14H,5H2. The third kappa shape index (κ3) is 2.24. The third-order valence-electron chi connectivity index (χ3n) is 1.62. The molecule has 0 saturated carbocycles. The summed E-state index contributed by atoms with van der Waals surface area (Å²) in [7, 11) is 0. The number of nitrogens with zero attached hydrogens (tertiary/aromatic N) is 1. The first kappa shape index (κ1) is 10.5. The molecule has 0 bridgehead atoms. The van der Waals surface area contributed by atoms with Crippen molar-refractivity contribution in [1.82, 2.24) is 0 Å². The first-order chi connectivity index (χ1) is 6.47. The Labute approximate surface area is 78.4 Å². The Hall–Kier alpha value is -1.54. The predicted octanol–water partition coefficient (Wildman–Crippen LogP) is 2.75. The van der Waals surface area contributed by atoms with Crippen LogP contribution in [-0.4, -0.2) is 5.11 Å². The van der Waals surface area contributed by atoms with Gasteiger partial charge in [0.1, 0.15) is 0 Å². The van der Waals surface area contributed by atoms with Gasteiger partial charge in [-0.2, -0.15) is 13.2 Å². The fourth-order valence-electron chi connectivity index (χ4n) is 0.994. The summed E-state index contributed by atoms with van der Waals surface area (Å²) in [5, 5.41) is 8.68. The maximum Gasteiger partial charge on any atom is 0.415 e. The second-order valence-corrected chi connectivity index (χ2v) is 2.66. The molecule has 0 saturated heterocycles. The Morgan fingerprint density at radius 2 is 1.93 bits per heavy atom. The first-order valence-corrected chi connectivity index (χ1v) is 3.67. The molecule has 0 atom stereocenters. The molecule has 2 nitrogen and oxygen atoms in total. The lowest BCUT2D eigenvalue weighted by Gasteiger charge is -2.08. The van der Waals surface area contributed by atoms with Gasteiger partial charge in [-0.05, 0) is 17.7 Å². The van der Waals surface area contributed by atoms with Gasteiger partial charge in [0.25, 0.3) is 0 Å². The van der Waals surface area contributed by atoms with E-state index in [1.165, 1.54) is 6.07 Å². The van der Waals surface area contributed by atoms with Gasteiger partial charge in [0, 0.05) is 5.56 Å². The Bertz CT molecular complexity index is 379. The van der Waals surface area contributed by atoms with Gasteiger partial charge < -0.3 is 5.11 Å². The van der Waals surface area contributed by atoms with Crippen molar-refractivity contribution in [3.8, 4) is 0 Å². The van der Waals surface area contributed by atoms with Crippen LogP contribution in [0.25, 0.3) is 4.85 Å². The van der Waals surface area contributed by atoms with E-state index in [0.717, 1.165) is 12.1 Å². The number of aliphatic hydroxyl groups excluding tert-OH is 1. The highest BCUT2D eigenvalue weighted by Gasteiger charge is 2.30. The highest BCUT2D eigenvalue weighted by atomic mass is 19.4. The van der Waals surface area contributed by atoms with E-state index in [2.05, 4.69) is 4.85 Å². The molecule has 1 aromatic rings. The van der Waals surface area contributed by atoms with Crippen LogP contribution < -0.4 is 0 Å². The van der Waals surface area contributed by atoms with E-state index in [1.807, 2.05) is 0 Å². The molecule has 0 aliphatic rings. The third-order valence-corrected chi connectivity index (χ3v) is 1.62. The SMILES string of the molecule is [C-]#[N+]c1cc(CO)cc(C(F)(F)F)c1. The number of benzene rings is 1. The molecule has 0 aliphatic heterocycles. The van der Waals surface area contributed by atoms with Crippen molar-refractivity contribution in [2.75, 3.05) is 0 Å². The molecule has 0 heterocycles. The molecule has 74 valence electrons. The van der Waals surface area contributed by atoms with Crippen LogP contribution in [-0.2, 0) is 12.8 Å². The van der Waals surface area contributed by atoms with Crippen molar-refractivity contribution in [1.29, 1.82) is 0 Å². The van der Waals surface area contributed by atoms with Gasteiger partial charge in [0.2, 0.25) is 0 Å². The summed E-state index contributed by atoms with van der Waals surface area (Å²) < 4.78 is 36.7. The average Bonchev–Trinajstić information content (AvgIpc) is 2.15. The number of aliphatic hydroxyl groups is 1. The molecule has 0 aromatic heterocycles. The lowest BCUT2D eigenvalue weighted by Crippen LogP contribution is -2.05. The Kier molecular flexibility index (Phi) is 2.77. The van der Waals surface area contributed by atoms with E-state index in [-0.39, 0.29) is 11.3 Å². The molecular formula is C9H6F3NO. The van der Waals surface area contributed by atoms with Gasteiger partial charge >= 0.3 is 6.18 Å². The van der Waals surface area contributed by atoms with Crippen LogP contribution in [0.2, 0.25) is 0 Å². The minimum absolute atomic E-state index is 0.0887. The predicted molar refractivity (Wildman–Crippen MR) is 43.6 cm³/mol. The molecule has 1 N–H and O–H groups in total. The summed E-state index contributed by atoms with van der Waals surface area (Å²) in [6, 6.07) is 2.81. The van der Waals surface area contributed by atoms with Crippen molar-refractivity contribution in [2.45, 2.75) is 12.8 Å². The van der Waals surface area contributed by atoms with Gasteiger partial charge in [-0.25, -0.2) is 4.85 Å². The van der Waals surface area contributed by atoms with Crippen LogP contribution in [0.1, 0.15) is 11.1 Å². The molecule has 5 heteroatoms. The lowest BCUT2D eigenvalue weighted by molar-refractivity contribution is -0.137. The minimum Gasteiger partial charge on any atom is -0.392 e. The molecule has 0 spiro atoms. The topological polar surface area (TPSA) is 24.6 Å². The fourth-order valence-corrected chi connectivity index (χ4v) is 0.994. The van der Waals surface area contributed by atoms with Crippen molar-refractivity contribution in [2.24, 2.45) is 0 Å². The normalized spacial score (nSPS) is 11.1. The van der Waals surface area contributed by atoms with Crippen molar-refractivity contribution in [3.05, 3.63) is 40.7 Å². The smallest absolute Gasteiger partial charge is 0.392 e. The molecule has 0 aliphatic carbocycles. The number of rotatable bonds is 1. The van der Waals surface area contributed by atoms with E-state index in [1.54, 1.807) is 0 Å². The molecule has 1 rings (SSSR count). The molecule has 14 heavy (non-hydrogen) atoms. The summed E-state index contributed by atoms with van der Waals surface area (Å²) in [6.07, 6.45) is -4.48. The molecule has 0 amide bonds. The summed E-state index contributed by atoms with van der Waals surface area (Å²) in [5.74, 6) is 0. The van der Waals surface area contributed by atoms with Gasteiger partial charge in [-0.15, -0.1) is 0 Å². The summed E-state index contributed by atoms with van der Waals surface area (Å²) in [4.78, 5) is 2.89. The van der Waals surface area contributed by atoms with Crippen LogP contribution in [0, 0.1) is 6.57 Å². The summed E-state index contributed by atoms with van der Waals surface area (Å²) in [6.45, 7) is 6.09. The van der Waals surface area contributed by atoms with E-state index in [0.29, 0.717) is 0 Å². The largest absolute Gasteiger partial charge is 0.415 e. The van der Waals surface area contributed by atoms with Crippen LogP contribution in [0.5, 0.6) is 0 Å². The van der Waals surface area contributed by atoms with Gasteiger partial charge in [0.05, 0.1) is 13.2 Å². The molecule has 1 aromatic carbocycles. The maximum absolute atomic E-state index is 12.2. The van der Waals surface area contributed by atoms with Crippen LogP contribution in [0.3, 0.4) is 0 Å². The second kappa shape index (κ2) is 3.68. The van der Waals surface area contributed by atoms with Crippen LogP contribution >= 0.6 is 0 Å². The number of halogens is 3. The molecule has 0 radical (unpaired) electrons. The summed E-state index contributed by atoms with van der Waals surface area (Å²) in [5.41, 5.74) is -0.940. The Morgan fingerprint density at radius 3 is 2.36 bits per heavy atom. The number of hydrogen-bond acceptors (Lipinski definition) is 1. The highest BCUT2D eigenvalue weighted by Crippen LogP contribution is 2.32. The Morgan fingerprint density at radius 1 is 1.29 bits per heavy atom. The van der Waals surface area contributed by atoms with Gasteiger partial charge in [-0.3, -0.25) is 0 Å². The van der Waals surface area contributed by atoms with E-state index < -0.39 is 18.3 Å². The summed E-state index contributed by atoms with van der Waals surface area (Å²) >= 11 is 0. The fraction of sp³-hybridized carbons (Fsp3) is 0.222. The van der Waals surface area contributed by atoms with Crippen molar-refractivity contribution in [3.63, 3.8) is 0 Å². The monoisotopic (exact) mass is 201 g/mol. The van der Waals surface area contributed by atoms with Crippen molar-refractivity contribution >= 4 is 5.69 Å². The molecular weight excluding hydrogens is 195 g/mol. The number of alkyl halides is 3. The Balaban J connectivity index is 3.26. The quantitative estimate of drug-likeness (QED) is 0.694. The zero-order valence-electron chi connectivity index (χ0n) is 6.97.